The summed E-state index contributed by atoms with van der Waals surface area (Å²) in [6.45, 7) is 11.4. The number of aliphatic hydroxyl groups excluding tert-OH is 1. The molecule has 0 spiro atoms. The summed E-state index contributed by atoms with van der Waals surface area (Å²) in [5.41, 5.74) is 0.864. The summed E-state index contributed by atoms with van der Waals surface area (Å²) >= 11 is 0. The van der Waals surface area contributed by atoms with E-state index in [-0.39, 0.29) is 12.0 Å². The van der Waals surface area contributed by atoms with Crippen molar-refractivity contribution in [3.63, 3.8) is 0 Å². The Kier molecular flexibility index (Phi) is 3.82. The minimum Gasteiger partial charge on any atom is -0.468 e. The molecule has 3 N–H and O–H groups in total. The van der Waals surface area contributed by atoms with Crippen LogP contribution in [0.15, 0.2) is 0 Å². The van der Waals surface area contributed by atoms with Gasteiger partial charge in [0.1, 0.15) is 6.04 Å². The lowest BCUT2D eigenvalue weighted by molar-refractivity contribution is -0.143. The average Bonchev–Trinajstić information content (AvgIpc) is 3.06. The van der Waals surface area contributed by atoms with Crippen molar-refractivity contribution < 1.29 is 14.6 Å². The number of carbonyl (C=O) groups is 1. The van der Waals surface area contributed by atoms with Crippen molar-refractivity contribution in [2.45, 2.75) is 39.8 Å². The van der Waals surface area contributed by atoms with Crippen molar-refractivity contribution in [2.24, 2.45) is 34.5 Å². The number of aliphatic hydroxyl groups is 1. The van der Waals surface area contributed by atoms with E-state index in [1.54, 1.807) is 0 Å². The van der Waals surface area contributed by atoms with Gasteiger partial charge in [-0.2, -0.15) is 0 Å². The number of methoxy groups -OCH3 is 1. The average molecular weight is 310 g/mol. The van der Waals surface area contributed by atoms with Gasteiger partial charge in [-0.15, -0.1) is 0 Å². The molecule has 5 heteroatoms. The van der Waals surface area contributed by atoms with Gasteiger partial charge in [-0.3, -0.25) is 4.79 Å². The lowest BCUT2D eigenvalue weighted by Crippen LogP contribution is -2.38. The predicted octanol–water partition coefficient (Wildman–Crippen LogP) is 0.626. The third kappa shape index (κ3) is 2.29. The molecule has 2 saturated heterocycles. The van der Waals surface area contributed by atoms with Gasteiger partial charge in [0.25, 0.3) is 0 Å². The van der Waals surface area contributed by atoms with Crippen molar-refractivity contribution >= 4 is 5.97 Å². The van der Waals surface area contributed by atoms with E-state index in [0.29, 0.717) is 35.3 Å². The zero-order chi connectivity index (χ0) is 16.3. The van der Waals surface area contributed by atoms with Crippen molar-refractivity contribution in [3.8, 4) is 0 Å². The van der Waals surface area contributed by atoms with Gasteiger partial charge < -0.3 is 20.5 Å². The minimum absolute atomic E-state index is 0.0463. The van der Waals surface area contributed by atoms with Crippen LogP contribution in [0.2, 0.25) is 0 Å². The van der Waals surface area contributed by atoms with Crippen LogP contribution in [0.1, 0.15) is 27.7 Å². The Balaban J connectivity index is 0.000000133. The molecule has 0 aromatic carbocycles. The summed E-state index contributed by atoms with van der Waals surface area (Å²) in [6.07, 6.45) is 0. The SMILES string of the molecule is CC1(C)[C@@H]2[C@@H](CO)NC[C@@H]21.COC(=O)[C@H]1NC[C@H]2[C@@H]1C2(C)C. The van der Waals surface area contributed by atoms with Gasteiger partial charge >= 0.3 is 5.97 Å². The van der Waals surface area contributed by atoms with E-state index in [2.05, 4.69) is 38.3 Å². The predicted molar refractivity (Wildman–Crippen MR) is 84.2 cm³/mol. The molecule has 0 amide bonds. The molecular weight excluding hydrogens is 280 g/mol. The number of ether oxygens (including phenoxy) is 1. The van der Waals surface area contributed by atoms with Crippen LogP contribution in [0.4, 0.5) is 0 Å². The van der Waals surface area contributed by atoms with E-state index in [0.717, 1.165) is 24.9 Å². The molecule has 126 valence electrons. The van der Waals surface area contributed by atoms with Gasteiger partial charge in [-0.1, -0.05) is 27.7 Å². The first kappa shape index (κ1) is 16.2. The smallest absolute Gasteiger partial charge is 0.323 e. The summed E-state index contributed by atoms with van der Waals surface area (Å²) in [6, 6.07) is 0.343. The van der Waals surface area contributed by atoms with Crippen LogP contribution in [0, 0.1) is 34.5 Å². The second kappa shape index (κ2) is 5.18. The maximum absolute atomic E-state index is 11.3. The summed E-state index contributed by atoms with van der Waals surface area (Å²) in [5.74, 6) is 2.67. The first-order chi connectivity index (χ1) is 10.3. The van der Waals surface area contributed by atoms with Crippen molar-refractivity contribution in [3.05, 3.63) is 0 Å². The van der Waals surface area contributed by atoms with E-state index in [4.69, 9.17) is 9.84 Å². The number of nitrogens with one attached hydrogen (secondary N) is 2. The molecule has 0 aromatic heterocycles. The molecule has 4 rings (SSSR count). The molecule has 4 fully saturated rings. The Bertz CT molecular complexity index is 463. The lowest BCUT2D eigenvalue weighted by Gasteiger charge is -2.16. The quantitative estimate of drug-likeness (QED) is 0.653. The zero-order valence-electron chi connectivity index (χ0n) is 14.3. The number of rotatable bonds is 2. The Morgan fingerprint density at radius 3 is 2.00 bits per heavy atom. The first-order valence-corrected chi connectivity index (χ1v) is 8.42. The van der Waals surface area contributed by atoms with E-state index < -0.39 is 0 Å². The van der Waals surface area contributed by atoms with Crippen LogP contribution in [0.3, 0.4) is 0 Å². The van der Waals surface area contributed by atoms with E-state index >= 15 is 0 Å². The molecular formula is C17H30N2O3. The van der Waals surface area contributed by atoms with Gasteiger partial charge in [0, 0.05) is 6.04 Å². The summed E-state index contributed by atoms with van der Waals surface area (Å²) in [5, 5.41) is 15.4. The Labute approximate surface area is 133 Å². The molecule has 0 bridgehead atoms. The number of fused-ring (bicyclic) bond motifs is 2. The Morgan fingerprint density at radius 2 is 1.64 bits per heavy atom. The number of esters is 1. The van der Waals surface area contributed by atoms with Crippen LogP contribution < -0.4 is 10.6 Å². The van der Waals surface area contributed by atoms with Gasteiger partial charge in [0.2, 0.25) is 0 Å². The van der Waals surface area contributed by atoms with Crippen molar-refractivity contribution in [2.75, 3.05) is 26.8 Å². The monoisotopic (exact) mass is 310 g/mol. The van der Waals surface area contributed by atoms with Crippen molar-refractivity contribution in [1.82, 2.24) is 10.6 Å². The minimum atomic E-state index is -0.104. The highest BCUT2D eigenvalue weighted by molar-refractivity contribution is 5.77. The number of piperidine rings is 2. The highest BCUT2D eigenvalue weighted by atomic mass is 16.5. The van der Waals surface area contributed by atoms with Gasteiger partial charge in [0.05, 0.1) is 13.7 Å². The third-order valence-corrected chi connectivity index (χ3v) is 6.88. The molecule has 2 aliphatic heterocycles. The van der Waals surface area contributed by atoms with Crippen LogP contribution >= 0.6 is 0 Å². The standard InChI is InChI=1S/C9H15NO2.C8H15NO/c1-9(2)5-4-10-7(6(5)9)8(11)12-3;1-8(2)5-3-9-6(4-10)7(5)8/h5-7,10H,4H2,1-3H3;5-7,9-10H,3-4H2,1-2H3/t5-,6-,7-;5-,6+,7-/m00/s1. The molecule has 2 aliphatic carbocycles. The molecule has 6 atom stereocenters. The van der Waals surface area contributed by atoms with Gasteiger partial charge in [-0.05, 0) is 47.6 Å². The van der Waals surface area contributed by atoms with Gasteiger partial charge in [0.15, 0.2) is 0 Å². The molecule has 0 aromatic rings. The zero-order valence-corrected chi connectivity index (χ0v) is 14.3. The molecule has 0 unspecified atom stereocenters. The van der Waals surface area contributed by atoms with Gasteiger partial charge in [-0.25, -0.2) is 0 Å². The molecule has 2 saturated carbocycles. The lowest BCUT2D eigenvalue weighted by atomic mass is 10.0. The fourth-order valence-corrected chi connectivity index (χ4v) is 5.13. The fraction of sp³-hybridized carbons (Fsp3) is 0.941. The molecule has 4 aliphatic rings. The largest absolute Gasteiger partial charge is 0.468 e. The number of hydrogen-bond acceptors (Lipinski definition) is 5. The maximum Gasteiger partial charge on any atom is 0.323 e. The summed E-state index contributed by atoms with van der Waals surface area (Å²) < 4.78 is 4.72. The highest BCUT2D eigenvalue weighted by Gasteiger charge is 2.66. The molecule has 0 radical (unpaired) electrons. The Hall–Kier alpha value is -0.650. The Morgan fingerprint density at radius 1 is 1.09 bits per heavy atom. The first-order valence-electron chi connectivity index (χ1n) is 8.42. The van der Waals surface area contributed by atoms with Crippen LogP contribution in [-0.2, 0) is 9.53 Å². The summed E-state index contributed by atoms with van der Waals surface area (Å²) in [7, 11) is 1.45. The maximum atomic E-state index is 11.3. The fourth-order valence-electron chi connectivity index (χ4n) is 5.13. The molecule has 2 heterocycles. The van der Waals surface area contributed by atoms with E-state index in [1.807, 2.05) is 0 Å². The van der Waals surface area contributed by atoms with Crippen LogP contribution in [0.5, 0.6) is 0 Å². The topological polar surface area (TPSA) is 70.6 Å². The van der Waals surface area contributed by atoms with Crippen LogP contribution in [0.25, 0.3) is 0 Å². The van der Waals surface area contributed by atoms with E-state index in [1.165, 1.54) is 7.11 Å². The second-order valence-electron chi connectivity index (χ2n) is 8.51. The summed E-state index contributed by atoms with van der Waals surface area (Å²) in [4.78, 5) is 11.3. The van der Waals surface area contributed by atoms with Crippen molar-refractivity contribution in [1.29, 1.82) is 0 Å². The molecule has 22 heavy (non-hydrogen) atoms. The number of hydrogen-bond donors (Lipinski definition) is 3. The second-order valence-corrected chi connectivity index (χ2v) is 8.51. The van der Waals surface area contributed by atoms with Crippen LogP contribution in [-0.4, -0.2) is 50.0 Å². The number of carbonyl (C=O) groups excluding carboxylic acids is 1. The third-order valence-electron chi connectivity index (χ3n) is 6.88. The molecule has 5 nitrogen and oxygen atoms in total. The van der Waals surface area contributed by atoms with E-state index in [9.17, 15) is 4.79 Å². The highest BCUT2D eigenvalue weighted by Crippen LogP contribution is 2.62. The normalized spacial score (nSPS) is 45.2.